The zero-order valence-electron chi connectivity index (χ0n) is 10.1. The third-order valence-corrected chi connectivity index (χ3v) is 3.21. The average molecular weight is 234 g/mol. The second kappa shape index (κ2) is 5.19. The van der Waals surface area contributed by atoms with Gasteiger partial charge in [0.15, 0.2) is 0 Å². The number of anilines is 1. The molecular weight excluding hydrogens is 216 g/mol. The molecule has 0 atom stereocenters. The Bertz CT molecular complexity index is 398. The molecule has 92 valence electrons. The smallest absolute Gasteiger partial charge is 0.209 e. The van der Waals surface area contributed by atoms with Crippen molar-refractivity contribution in [2.75, 3.05) is 31.1 Å². The van der Waals surface area contributed by atoms with Gasteiger partial charge in [0.2, 0.25) is 6.41 Å². The highest BCUT2D eigenvalue weighted by Gasteiger charge is 2.17. The maximum absolute atomic E-state index is 10.6. The number of aryl methyl sites for hydroxylation is 1. The molecule has 1 heterocycles. The molecule has 17 heavy (non-hydrogen) atoms. The molecule has 4 heteroatoms. The Kier molecular flexibility index (Phi) is 3.64. The van der Waals surface area contributed by atoms with Gasteiger partial charge < -0.3 is 14.9 Å². The van der Waals surface area contributed by atoms with Gasteiger partial charge in [0, 0.05) is 37.4 Å². The zero-order valence-corrected chi connectivity index (χ0v) is 10.1. The van der Waals surface area contributed by atoms with Crippen LogP contribution in [0.25, 0.3) is 0 Å². The predicted octanol–water partition coefficient (Wildman–Crippen LogP) is 0.766. The Hall–Kier alpha value is -1.55. The van der Waals surface area contributed by atoms with Gasteiger partial charge in [-0.05, 0) is 13.0 Å². The largest absolute Gasteiger partial charge is 0.392 e. The molecule has 1 aliphatic rings. The molecule has 0 bridgehead atoms. The van der Waals surface area contributed by atoms with Crippen molar-refractivity contribution in [2.45, 2.75) is 13.5 Å². The van der Waals surface area contributed by atoms with Gasteiger partial charge in [0.25, 0.3) is 0 Å². The van der Waals surface area contributed by atoms with Crippen LogP contribution in [-0.4, -0.2) is 42.6 Å². The second-order valence-corrected chi connectivity index (χ2v) is 4.42. The van der Waals surface area contributed by atoms with Crippen molar-refractivity contribution in [2.24, 2.45) is 0 Å². The molecule has 4 nitrogen and oxygen atoms in total. The normalized spacial score (nSPS) is 16.1. The first-order chi connectivity index (χ1) is 8.24. The van der Waals surface area contributed by atoms with E-state index in [-0.39, 0.29) is 6.61 Å². The van der Waals surface area contributed by atoms with Crippen molar-refractivity contribution in [3.05, 3.63) is 29.3 Å². The van der Waals surface area contributed by atoms with E-state index >= 15 is 0 Å². The Morgan fingerprint density at radius 2 is 2.00 bits per heavy atom. The summed E-state index contributed by atoms with van der Waals surface area (Å²) in [4.78, 5) is 14.6. The number of amides is 1. The van der Waals surface area contributed by atoms with Crippen molar-refractivity contribution < 1.29 is 9.90 Å². The van der Waals surface area contributed by atoms with Crippen molar-refractivity contribution in [1.82, 2.24) is 4.90 Å². The molecule has 0 unspecified atom stereocenters. The lowest BCUT2D eigenvalue weighted by Crippen LogP contribution is -2.46. The number of carbonyl (C=O) groups excluding carboxylic acids is 1. The molecule has 1 N–H and O–H groups in total. The third-order valence-electron chi connectivity index (χ3n) is 3.21. The number of carbonyl (C=O) groups is 1. The summed E-state index contributed by atoms with van der Waals surface area (Å²) in [5, 5.41) is 9.38. The van der Waals surface area contributed by atoms with E-state index in [0.717, 1.165) is 49.4 Å². The molecule has 1 fully saturated rings. The molecule has 0 radical (unpaired) electrons. The van der Waals surface area contributed by atoms with Crippen LogP contribution in [0.5, 0.6) is 0 Å². The lowest BCUT2D eigenvalue weighted by molar-refractivity contribution is -0.118. The zero-order chi connectivity index (χ0) is 12.3. The van der Waals surface area contributed by atoms with Gasteiger partial charge in [-0.1, -0.05) is 17.7 Å². The van der Waals surface area contributed by atoms with Gasteiger partial charge in [-0.2, -0.15) is 0 Å². The molecule has 0 aromatic heterocycles. The van der Waals surface area contributed by atoms with Crippen LogP contribution >= 0.6 is 0 Å². The highest BCUT2D eigenvalue weighted by molar-refractivity contribution is 5.56. The van der Waals surface area contributed by atoms with E-state index in [9.17, 15) is 9.90 Å². The quantitative estimate of drug-likeness (QED) is 0.785. The Balaban J connectivity index is 2.15. The molecule has 0 saturated carbocycles. The number of rotatable bonds is 3. The highest BCUT2D eigenvalue weighted by atomic mass is 16.3. The Morgan fingerprint density at radius 3 is 2.59 bits per heavy atom. The summed E-state index contributed by atoms with van der Waals surface area (Å²) in [5.74, 6) is 0. The van der Waals surface area contributed by atoms with Crippen molar-refractivity contribution in [3.63, 3.8) is 0 Å². The molecule has 1 aromatic carbocycles. The number of aliphatic hydroxyl groups is 1. The summed E-state index contributed by atoms with van der Waals surface area (Å²) >= 11 is 0. The number of nitrogens with zero attached hydrogens (tertiary/aromatic N) is 2. The summed E-state index contributed by atoms with van der Waals surface area (Å²) in [7, 11) is 0. The molecule has 1 saturated heterocycles. The van der Waals surface area contributed by atoms with Gasteiger partial charge in [0.1, 0.15) is 0 Å². The van der Waals surface area contributed by atoms with E-state index in [1.54, 1.807) is 4.90 Å². The van der Waals surface area contributed by atoms with Crippen LogP contribution < -0.4 is 4.90 Å². The minimum atomic E-state index is 0.0604. The summed E-state index contributed by atoms with van der Waals surface area (Å²) in [5.41, 5.74) is 3.21. The van der Waals surface area contributed by atoms with Gasteiger partial charge in [0.05, 0.1) is 6.61 Å². The van der Waals surface area contributed by atoms with Crippen molar-refractivity contribution in [3.8, 4) is 0 Å². The fourth-order valence-electron chi connectivity index (χ4n) is 2.22. The fourth-order valence-corrected chi connectivity index (χ4v) is 2.22. The van der Waals surface area contributed by atoms with Crippen LogP contribution in [0.15, 0.2) is 18.2 Å². The molecule has 0 spiro atoms. The maximum Gasteiger partial charge on any atom is 0.209 e. The SMILES string of the molecule is Cc1ccc(N2CCN(C=O)CC2)c(CO)c1. The van der Waals surface area contributed by atoms with Gasteiger partial charge in [-0.25, -0.2) is 0 Å². The average Bonchev–Trinajstić information content (AvgIpc) is 2.39. The molecule has 1 aromatic rings. The van der Waals surface area contributed by atoms with Crippen molar-refractivity contribution >= 4 is 12.1 Å². The van der Waals surface area contributed by atoms with E-state index in [1.165, 1.54) is 0 Å². The predicted molar refractivity (Wildman–Crippen MR) is 67.0 cm³/mol. The first-order valence-electron chi connectivity index (χ1n) is 5.89. The minimum absolute atomic E-state index is 0.0604. The van der Waals surface area contributed by atoms with Gasteiger partial charge in [-0.3, -0.25) is 4.79 Å². The van der Waals surface area contributed by atoms with Crippen LogP contribution in [-0.2, 0) is 11.4 Å². The highest BCUT2D eigenvalue weighted by Crippen LogP contribution is 2.23. The Morgan fingerprint density at radius 1 is 1.29 bits per heavy atom. The maximum atomic E-state index is 10.6. The van der Waals surface area contributed by atoms with Crippen LogP contribution in [0.1, 0.15) is 11.1 Å². The van der Waals surface area contributed by atoms with E-state index in [1.807, 2.05) is 13.0 Å². The first-order valence-corrected chi connectivity index (χ1v) is 5.89. The number of hydrogen-bond acceptors (Lipinski definition) is 3. The monoisotopic (exact) mass is 234 g/mol. The standard InChI is InChI=1S/C13H18N2O2/c1-11-2-3-13(12(8-11)9-16)15-6-4-14(10-17)5-7-15/h2-3,8,10,16H,4-7,9H2,1H3. The fraction of sp³-hybridized carbons (Fsp3) is 0.462. The van der Waals surface area contributed by atoms with Crippen LogP contribution in [0.4, 0.5) is 5.69 Å². The Labute approximate surface area is 101 Å². The van der Waals surface area contributed by atoms with Crippen LogP contribution in [0.3, 0.4) is 0 Å². The van der Waals surface area contributed by atoms with E-state index < -0.39 is 0 Å². The summed E-state index contributed by atoms with van der Waals surface area (Å²) in [6.45, 7) is 5.24. The van der Waals surface area contributed by atoms with Crippen molar-refractivity contribution in [1.29, 1.82) is 0 Å². The third kappa shape index (κ3) is 2.58. The number of benzene rings is 1. The lowest BCUT2D eigenvalue weighted by atomic mass is 10.1. The van der Waals surface area contributed by atoms with Gasteiger partial charge in [-0.15, -0.1) is 0 Å². The van der Waals surface area contributed by atoms with E-state index in [0.29, 0.717) is 0 Å². The topological polar surface area (TPSA) is 43.8 Å². The summed E-state index contributed by atoms with van der Waals surface area (Å²) < 4.78 is 0. The second-order valence-electron chi connectivity index (χ2n) is 4.42. The summed E-state index contributed by atoms with van der Waals surface area (Å²) in [6.07, 6.45) is 0.902. The van der Waals surface area contributed by atoms with Crippen LogP contribution in [0.2, 0.25) is 0 Å². The molecular formula is C13H18N2O2. The number of hydrogen-bond donors (Lipinski definition) is 1. The summed E-state index contributed by atoms with van der Waals surface area (Å²) in [6, 6.07) is 6.12. The number of piperazine rings is 1. The molecule has 2 rings (SSSR count). The number of aliphatic hydroxyl groups excluding tert-OH is 1. The molecule has 0 aliphatic carbocycles. The molecule has 1 aliphatic heterocycles. The van der Waals surface area contributed by atoms with Crippen LogP contribution in [0, 0.1) is 6.92 Å². The minimum Gasteiger partial charge on any atom is -0.392 e. The van der Waals surface area contributed by atoms with E-state index in [2.05, 4.69) is 17.0 Å². The first kappa shape index (κ1) is 11.9. The van der Waals surface area contributed by atoms with Gasteiger partial charge >= 0.3 is 0 Å². The van der Waals surface area contributed by atoms with E-state index in [4.69, 9.17) is 0 Å². The lowest BCUT2D eigenvalue weighted by Gasteiger charge is -2.35. The molecule has 1 amide bonds.